The molecule has 2 amide bonds. The molecule has 4 aromatic heterocycles. The summed E-state index contributed by atoms with van der Waals surface area (Å²) in [6.45, 7) is 10.8. The summed E-state index contributed by atoms with van der Waals surface area (Å²) in [5.41, 5.74) is 6.57. The Morgan fingerprint density at radius 3 is 1.62 bits per heavy atom. The van der Waals surface area contributed by atoms with E-state index in [1.165, 1.54) is 28.8 Å². The molecule has 0 spiro atoms. The average Bonchev–Trinajstić information content (AvgIpc) is 3.99. The second kappa shape index (κ2) is 20.3. The van der Waals surface area contributed by atoms with E-state index < -0.39 is 29.2 Å². The zero-order valence-corrected chi connectivity index (χ0v) is 36.8. The zero-order valence-electron chi connectivity index (χ0n) is 35.2. The lowest BCUT2D eigenvalue weighted by molar-refractivity contribution is 0.00494. The number of amides is 2. The fraction of sp³-hybridized carbons (Fsp3) is 0.286. The molecule has 0 aliphatic heterocycles. The third-order valence-electron chi connectivity index (χ3n) is 7.41. The van der Waals surface area contributed by atoms with Gasteiger partial charge in [0.1, 0.15) is 16.2 Å². The summed E-state index contributed by atoms with van der Waals surface area (Å²) in [6, 6.07) is 25.5. The first-order chi connectivity index (χ1) is 28.3. The summed E-state index contributed by atoms with van der Waals surface area (Å²) in [5, 5.41) is 10.5. The molecule has 0 atom stereocenters. The van der Waals surface area contributed by atoms with Crippen molar-refractivity contribution in [2.45, 2.75) is 52.7 Å². The van der Waals surface area contributed by atoms with E-state index in [9.17, 15) is 19.2 Å². The number of nitrogens with two attached hydrogens (primary N) is 1. The van der Waals surface area contributed by atoms with Crippen LogP contribution in [-0.4, -0.2) is 82.5 Å². The van der Waals surface area contributed by atoms with Crippen LogP contribution in [0.15, 0.2) is 101 Å². The summed E-state index contributed by atoms with van der Waals surface area (Å²) >= 11 is 2.81. The first-order valence-corrected chi connectivity index (χ1v) is 20.2. The summed E-state index contributed by atoms with van der Waals surface area (Å²) in [6.07, 6.45) is 1.46. The molecular formula is C42H50N10O6S2. The number of benzene rings is 2. The largest absolute Gasteiger partial charge is 0.455 e. The third kappa shape index (κ3) is 12.9. The number of anilines is 5. The molecule has 4 heterocycles. The summed E-state index contributed by atoms with van der Waals surface area (Å²) < 4.78 is 14.5. The minimum Gasteiger partial charge on any atom is -0.455 e. The number of urea groups is 1. The molecule has 0 aliphatic carbocycles. The fourth-order valence-corrected chi connectivity index (χ4v) is 6.34. The van der Waals surface area contributed by atoms with Crippen LogP contribution in [0.5, 0.6) is 0 Å². The quantitative estimate of drug-likeness (QED) is 0.0716. The molecule has 18 heteroatoms. The third-order valence-corrected chi connectivity index (χ3v) is 8.96. The van der Waals surface area contributed by atoms with E-state index in [4.69, 9.17) is 15.2 Å². The van der Waals surface area contributed by atoms with E-state index >= 15 is 0 Å². The standard InChI is InChI=1S/C21H25N5O3S.C16H22N4O2.C5H3NOS/c1-21(2,3)29-18(27)16-17(23-19(28)22-15-12-9-13-30-15)24-20(25(4)5)26(16)14-10-7-6-8-11-14;1-16(2,3)22-14(21)12-13(17)18-15(19(4)5)20(12)11-9-7-6-8-10-11;7-4-6-5-2-1-3-8-5/h6-13H,1-5H3,(H2,22,23,28);6-10H,17H2,1-5H3;1-3H. The van der Waals surface area contributed by atoms with Gasteiger partial charge in [-0.25, -0.2) is 19.2 Å². The highest BCUT2D eigenvalue weighted by Gasteiger charge is 2.31. The zero-order chi connectivity index (χ0) is 44.2. The topological polar surface area (TPSA) is 191 Å². The molecule has 2 aromatic carbocycles. The maximum absolute atomic E-state index is 13.1. The van der Waals surface area contributed by atoms with E-state index in [2.05, 4.69) is 25.6 Å². The number of carbonyl (C=O) groups is 3. The van der Waals surface area contributed by atoms with Crippen LogP contribution in [0.1, 0.15) is 62.5 Å². The van der Waals surface area contributed by atoms with Crippen molar-refractivity contribution in [1.82, 2.24) is 19.1 Å². The smallest absolute Gasteiger partial charge is 0.359 e. The number of esters is 2. The summed E-state index contributed by atoms with van der Waals surface area (Å²) in [4.78, 5) is 63.6. The number of nitrogen functional groups attached to an aromatic ring is 1. The number of thiophene rings is 2. The number of hydrogen-bond donors (Lipinski definition) is 3. The first-order valence-electron chi connectivity index (χ1n) is 18.5. The maximum Gasteiger partial charge on any atom is 0.359 e. The second-order valence-electron chi connectivity index (χ2n) is 15.1. The van der Waals surface area contributed by atoms with E-state index in [0.29, 0.717) is 21.9 Å². The Bertz CT molecular complexity index is 2370. The Balaban J connectivity index is 0.000000230. The van der Waals surface area contributed by atoms with Crippen molar-refractivity contribution in [2.24, 2.45) is 4.99 Å². The van der Waals surface area contributed by atoms with Crippen LogP contribution in [0.4, 0.5) is 38.3 Å². The second-order valence-corrected chi connectivity index (χ2v) is 17.0. The Morgan fingerprint density at radius 1 is 0.683 bits per heavy atom. The van der Waals surface area contributed by atoms with Gasteiger partial charge in [-0.15, -0.1) is 22.7 Å². The number of para-hydroxylation sites is 2. The van der Waals surface area contributed by atoms with Crippen molar-refractivity contribution in [2.75, 3.05) is 54.4 Å². The van der Waals surface area contributed by atoms with Crippen molar-refractivity contribution in [3.05, 3.63) is 107 Å². The van der Waals surface area contributed by atoms with Gasteiger partial charge in [-0.2, -0.15) is 15.0 Å². The Hall–Kier alpha value is -6.75. The highest BCUT2D eigenvalue weighted by atomic mass is 32.1. The van der Waals surface area contributed by atoms with Crippen molar-refractivity contribution >= 4 is 80.3 Å². The number of nitrogens with one attached hydrogen (secondary N) is 2. The lowest BCUT2D eigenvalue weighted by atomic mass is 10.2. The normalized spacial score (nSPS) is 10.8. The SMILES string of the molecule is CN(C)c1nc(N)c(C(=O)OC(C)(C)C)n1-c1ccccc1.CN(C)c1nc(NC(=O)Nc2cccs2)c(C(=O)OC(C)(C)C)n1-c1ccccc1.O=C=Nc1cccs1. The van der Waals surface area contributed by atoms with Gasteiger partial charge in [0.15, 0.2) is 23.0 Å². The van der Waals surface area contributed by atoms with Crippen molar-refractivity contribution < 1.29 is 28.7 Å². The molecule has 0 bridgehead atoms. The van der Waals surface area contributed by atoms with Crippen molar-refractivity contribution in [1.29, 1.82) is 0 Å². The van der Waals surface area contributed by atoms with Gasteiger partial charge in [0.25, 0.3) is 0 Å². The molecule has 60 heavy (non-hydrogen) atoms. The van der Waals surface area contributed by atoms with Gasteiger partial charge in [-0.3, -0.25) is 19.8 Å². The number of ether oxygens (including phenoxy) is 2. The molecule has 0 aliphatic rings. The summed E-state index contributed by atoms with van der Waals surface area (Å²) in [5.74, 6) is 0.249. The van der Waals surface area contributed by atoms with Crippen molar-refractivity contribution in [3.8, 4) is 11.4 Å². The first kappa shape index (κ1) is 45.9. The average molecular weight is 855 g/mol. The Morgan fingerprint density at radius 2 is 1.17 bits per heavy atom. The van der Waals surface area contributed by atoms with Crippen LogP contribution in [0.3, 0.4) is 0 Å². The van der Waals surface area contributed by atoms with Gasteiger partial charge in [0, 0.05) is 39.6 Å². The van der Waals surface area contributed by atoms with Gasteiger partial charge in [0.2, 0.25) is 18.0 Å². The number of aliphatic imine (C=N–C) groups is 1. The van der Waals surface area contributed by atoms with Crippen LogP contribution in [-0.2, 0) is 14.3 Å². The summed E-state index contributed by atoms with van der Waals surface area (Å²) in [7, 11) is 7.33. The molecule has 16 nitrogen and oxygen atoms in total. The minimum atomic E-state index is -0.711. The number of aromatic nitrogens is 4. The van der Waals surface area contributed by atoms with Crippen LogP contribution < -0.4 is 26.2 Å². The van der Waals surface area contributed by atoms with E-state index in [1.807, 2.05) is 133 Å². The number of hydrogen-bond acceptors (Lipinski definition) is 14. The number of imidazole rings is 2. The molecule has 0 unspecified atom stereocenters. The molecule has 0 fully saturated rings. The van der Waals surface area contributed by atoms with Gasteiger partial charge < -0.3 is 25.0 Å². The highest BCUT2D eigenvalue weighted by Crippen LogP contribution is 2.30. The van der Waals surface area contributed by atoms with Gasteiger partial charge in [-0.1, -0.05) is 36.4 Å². The molecule has 316 valence electrons. The lowest BCUT2D eigenvalue weighted by Crippen LogP contribution is -2.27. The fourth-order valence-electron chi connectivity index (χ4n) is 5.18. The highest BCUT2D eigenvalue weighted by molar-refractivity contribution is 7.14. The number of nitrogens with zero attached hydrogens (tertiary/aromatic N) is 7. The minimum absolute atomic E-state index is 0.117. The predicted molar refractivity (Wildman–Crippen MR) is 240 cm³/mol. The molecule has 6 aromatic rings. The van der Waals surface area contributed by atoms with Crippen LogP contribution >= 0.6 is 22.7 Å². The number of rotatable bonds is 9. The molecule has 0 saturated heterocycles. The van der Waals surface area contributed by atoms with Gasteiger partial charge >= 0.3 is 18.0 Å². The van der Waals surface area contributed by atoms with E-state index in [-0.39, 0.29) is 23.0 Å². The maximum atomic E-state index is 13.1. The predicted octanol–water partition coefficient (Wildman–Crippen LogP) is 8.79. The Kier molecular flexibility index (Phi) is 15.5. The Labute approximate surface area is 357 Å². The van der Waals surface area contributed by atoms with Crippen LogP contribution in [0, 0.1) is 0 Å². The number of carbonyl (C=O) groups excluding carboxylic acids is 4. The van der Waals surface area contributed by atoms with Crippen LogP contribution in [0.2, 0.25) is 0 Å². The molecule has 0 saturated carbocycles. The van der Waals surface area contributed by atoms with Gasteiger partial charge in [-0.05, 0) is 101 Å². The lowest BCUT2D eigenvalue weighted by Gasteiger charge is -2.21. The van der Waals surface area contributed by atoms with Crippen LogP contribution in [0.25, 0.3) is 11.4 Å². The monoisotopic (exact) mass is 854 g/mol. The van der Waals surface area contributed by atoms with Gasteiger partial charge in [0.05, 0.1) is 5.00 Å². The van der Waals surface area contributed by atoms with E-state index in [0.717, 1.165) is 11.4 Å². The van der Waals surface area contributed by atoms with E-state index in [1.54, 1.807) is 51.8 Å². The molecule has 0 radical (unpaired) electrons. The number of isocyanates is 1. The molecule has 6 rings (SSSR count). The molecular weight excluding hydrogens is 805 g/mol. The van der Waals surface area contributed by atoms with Crippen molar-refractivity contribution in [3.63, 3.8) is 0 Å². The molecule has 4 N–H and O–H groups in total.